The van der Waals surface area contributed by atoms with Crippen LogP contribution in [0.2, 0.25) is 0 Å². The number of carbonyl (C=O) groups is 1. The number of anilines is 1. The highest BCUT2D eigenvalue weighted by atomic mass is 32.2. The maximum atomic E-state index is 13.6. The Labute approximate surface area is 218 Å². The molecule has 4 rings (SSSR count). The molecule has 2 fully saturated rings. The van der Waals surface area contributed by atoms with E-state index in [0.29, 0.717) is 30.5 Å². The van der Waals surface area contributed by atoms with E-state index in [1.54, 1.807) is 6.07 Å². The molecule has 0 N–H and O–H groups in total. The van der Waals surface area contributed by atoms with E-state index < -0.39 is 51.1 Å². The van der Waals surface area contributed by atoms with Crippen LogP contribution in [0.15, 0.2) is 41.3 Å². The summed E-state index contributed by atoms with van der Waals surface area (Å²) in [5.74, 6) is -1.54. The van der Waals surface area contributed by atoms with Crippen molar-refractivity contribution in [2.24, 2.45) is 0 Å². The predicted octanol–water partition coefficient (Wildman–Crippen LogP) is 3.61. The first-order chi connectivity index (χ1) is 17.9. The van der Waals surface area contributed by atoms with Gasteiger partial charge in [-0.15, -0.1) is 0 Å². The minimum Gasteiger partial charge on any atom is -0.495 e. The molecule has 2 bridgehead atoms. The summed E-state index contributed by atoms with van der Waals surface area (Å²) in [5.41, 5.74) is -1.47. The summed E-state index contributed by atoms with van der Waals surface area (Å²) in [4.78, 5) is 16.5. The Morgan fingerprint density at radius 2 is 1.79 bits per heavy atom. The molecule has 2 aliphatic heterocycles. The van der Waals surface area contributed by atoms with Gasteiger partial charge in [0.2, 0.25) is 10.0 Å². The molecular weight excluding hydrogens is 530 g/mol. The van der Waals surface area contributed by atoms with Crippen LogP contribution >= 0.6 is 0 Å². The molecule has 2 aromatic rings. The fourth-order valence-corrected chi connectivity index (χ4v) is 6.26. The van der Waals surface area contributed by atoms with E-state index >= 15 is 0 Å². The highest BCUT2D eigenvalue weighted by molar-refractivity contribution is 7.89. The number of methoxy groups -OCH3 is 1. The van der Waals surface area contributed by atoms with Gasteiger partial charge in [0, 0.05) is 26.7 Å². The molecule has 0 unspecified atom stereocenters. The third-order valence-electron chi connectivity index (χ3n) is 6.75. The molecule has 0 spiro atoms. The second-order valence-corrected chi connectivity index (χ2v) is 11.4. The van der Waals surface area contributed by atoms with E-state index in [-0.39, 0.29) is 31.2 Å². The van der Waals surface area contributed by atoms with Crippen LogP contribution in [0.25, 0.3) is 0 Å². The van der Waals surface area contributed by atoms with Crippen LogP contribution in [-0.2, 0) is 20.9 Å². The van der Waals surface area contributed by atoms with E-state index in [0.717, 1.165) is 12.1 Å². The molecule has 0 saturated carbocycles. The van der Waals surface area contributed by atoms with Crippen LogP contribution in [0, 0.1) is 5.82 Å². The number of sulfonamides is 1. The maximum Gasteiger partial charge on any atom is 0.417 e. The summed E-state index contributed by atoms with van der Waals surface area (Å²) in [7, 11) is -0.821. The van der Waals surface area contributed by atoms with E-state index in [9.17, 15) is 30.8 Å². The topological polar surface area (TPSA) is 79.4 Å². The molecule has 8 nitrogen and oxygen atoms in total. The number of nitrogens with zero attached hydrogens (tertiary/aromatic N) is 3. The number of hydrogen-bond acceptors (Lipinski definition) is 6. The van der Waals surface area contributed by atoms with Crippen molar-refractivity contribution < 1.29 is 40.2 Å². The summed E-state index contributed by atoms with van der Waals surface area (Å²) in [6, 6.07) is 5.57. The molecule has 2 aliphatic rings. The third kappa shape index (κ3) is 5.32. The van der Waals surface area contributed by atoms with Crippen LogP contribution in [-0.4, -0.2) is 82.6 Å². The zero-order chi connectivity index (χ0) is 27.8. The molecule has 0 radical (unpaired) electrons. The smallest absolute Gasteiger partial charge is 0.417 e. The Hall–Kier alpha value is -2.90. The lowest BCUT2D eigenvalue weighted by atomic mass is 9.99. The summed E-state index contributed by atoms with van der Waals surface area (Å²) in [6.07, 6.45) is -4.27. The van der Waals surface area contributed by atoms with Crippen molar-refractivity contribution in [1.29, 1.82) is 0 Å². The van der Waals surface area contributed by atoms with Crippen molar-refractivity contribution >= 4 is 21.6 Å². The lowest BCUT2D eigenvalue weighted by Gasteiger charge is -2.51. The lowest BCUT2D eigenvalue weighted by molar-refractivity contribution is -0.138. The number of alkyl halides is 3. The zero-order valence-corrected chi connectivity index (χ0v) is 22.0. The second kappa shape index (κ2) is 10.7. The minimum atomic E-state index is -4.90. The minimum absolute atomic E-state index is 0.0138. The number of hydrogen-bond donors (Lipinski definition) is 0. The second-order valence-electron chi connectivity index (χ2n) is 9.31. The Morgan fingerprint density at radius 3 is 2.37 bits per heavy atom. The van der Waals surface area contributed by atoms with Crippen molar-refractivity contribution in [3.63, 3.8) is 0 Å². The first kappa shape index (κ1) is 28.1. The van der Waals surface area contributed by atoms with Crippen LogP contribution < -0.4 is 9.64 Å². The highest BCUT2D eigenvalue weighted by Gasteiger charge is 2.43. The van der Waals surface area contributed by atoms with Gasteiger partial charge in [0.25, 0.3) is 5.91 Å². The molecule has 208 valence electrons. The number of ether oxygens (including phenoxy) is 2. The summed E-state index contributed by atoms with van der Waals surface area (Å²) in [6.45, 7) is 2.56. The molecule has 2 aromatic carbocycles. The Bertz CT molecular complexity index is 1290. The first-order valence-corrected chi connectivity index (χ1v) is 13.5. The highest BCUT2D eigenvalue weighted by Crippen LogP contribution is 2.39. The van der Waals surface area contributed by atoms with Gasteiger partial charge in [0.15, 0.2) is 0 Å². The van der Waals surface area contributed by atoms with Crippen LogP contribution in [0.1, 0.15) is 29.3 Å². The number of piperazine rings is 1. The number of halogens is 4. The van der Waals surface area contributed by atoms with Gasteiger partial charge < -0.3 is 19.3 Å². The Kier molecular flexibility index (Phi) is 7.91. The van der Waals surface area contributed by atoms with Crippen molar-refractivity contribution in [2.45, 2.75) is 36.5 Å². The van der Waals surface area contributed by atoms with E-state index in [2.05, 4.69) is 0 Å². The van der Waals surface area contributed by atoms with Crippen LogP contribution in [0.5, 0.6) is 5.75 Å². The standard InChI is InChI=1S/C25H29F4N3O5S/c1-4-9-30(2)38(34,35)19-6-8-23(36-3)22(11-19)32-17-12-31(13-18(32)15-37-14-17)24(33)20-7-5-16(26)10-21(20)25(27,28)29/h5-8,10-11,17-18H,4,9,12-15H2,1-3H3/t17-,18+. The van der Waals surface area contributed by atoms with Gasteiger partial charge >= 0.3 is 6.18 Å². The van der Waals surface area contributed by atoms with Gasteiger partial charge in [-0.05, 0) is 42.8 Å². The van der Waals surface area contributed by atoms with Gasteiger partial charge in [-0.2, -0.15) is 13.2 Å². The normalized spacial score (nSPS) is 20.1. The van der Waals surface area contributed by atoms with Gasteiger partial charge in [0.05, 0.1) is 54.1 Å². The molecule has 2 saturated heterocycles. The molecule has 2 atom stereocenters. The van der Waals surface area contributed by atoms with Crippen LogP contribution in [0.3, 0.4) is 0 Å². The van der Waals surface area contributed by atoms with E-state index in [1.165, 1.54) is 35.5 Å². The van der Waals surface area contributed by atoms with E-state index in [1.807, 2.05) is 11.8 Å². The number of rotatable bonds is 7. The molecule has 0 aliphatic carbocycles. The Balaban J connectivity index is 1.67. The molecule has 13 heteroatoms. The SMILES string of the molecule is CCCN(C)S(=O)(=O)c1ccc(OC)c(N2[C@@H]3COC[C@H]2CN(C(=O)c2ccc(F)cc2C(F)(F)F)C3)c1. The van der Waals surface area contributed by atoms with Crippen molar-refractivity contribution in [2.75, 3.05) is 51.9 Å². The van der Waals surface area contributed by atoms with Gasteiger partial charge in [-0.25, -0.2) is 17.1 Å². The molecule has 0 aromatic heterocycles. The lowest BCUT2D eigenvalue weighted by Crippen LogP contribution is -2.66. The van der Waals surface area contributed by atoms with Crippen LogP contribution in [0.4, 0.5) is 23.2 Å². The molecule has 2 heterocycles. The van der Waals surface area contributed by atoms with Gasteiger partial charge in [-0.1, -0.05) is 6.92 Å². The zero-order valence-electron chi connectivity index (χ0n) is 21.2. The predicted molar refractivity (Wildman–Crippen MR) is 131 cm³/mol. The molecule has 1 amide bonds. The number of morpholine rings is 1. The average molecular weight is 560 g/mol. The van der Waals surface area contributed by atoms with Crippen molar-refractivity contribution in [3.05, 3.63) is 53.3 Å². The largest absolute Gasteiger partial charge is 0.495 e. The average Bonchev–Trinajstić information content (AvgIpc) is 2.86. The molecule has 38 heavy (non-hydrogen) atoms. The number of carbonyl (C=O) groups excluding carboxylic acids is 1. The first-order valence-electron chi connectivity index (χ1n) is 12.0. The van der Waals surface area contributed by atoms with E-state index in [4.69, 9.17) is 9.47 Å². The quantitative estimate of drug-likeness (QED) is 0.483. The van der Waals surface area contributed by atoms with Gasteiger partial charge in [0.1, 0.15) is 11.6 Å². The maximum absolute atomic E-state index is 13.6. The fraction of sp³-hybridized carbons (Fsp3) is 0.480. The summed E-state index contributed by atoms with van der Waals surface area (Å²) < 4.78 is 92.9. The number of amides is 1. The third-order valence-corrected chi connectivity index (χ3v) is 8.60. The fourth-order valence-electron chi connectivity index (χ4n) is 4.98. The monoisotopic (exact) mass is 559 g/mol. The molecular formula is C25H29F4N3O5S. The summed E-state index contributed by atoms with van der Waals surface area (Å²) in [5, 5.41) is 0. The van der Waals surface area contributed by atoms with Crippen molar-refractivity contribution in [3.8, 4) is 5.75 Å². The van der Waals surface area contributed by atoms with Crippen molar-refractivity contribution in [1.82, 2.24) is 9.21 Å². The summed E-state index contributed by atoms with van der Waals surface area (Å²) >= 11 is 0. The Morgan fingerprint density at radius 1 is 1.13 bits per heavy atom. The van der Waals surface area contributed by atoms with Gasteiger partial charge in [-0.3, -0.25) is 4.79 Å². The number of fused-ring (bicyclic) bond motifs is 2. The number of benzene rings is 2.